The van der Waals surface area contributed by atoms with Gasteiger partial charge in [0.15, 0.2) is 0 Å². The van der Waals surface area contributed by atoms with E-state index in [-0.39, 0.29) is 6.54 Å². The maximum atomic E-state index is 10.3. The zero-order valence-electron chi connectivity index (χ0n) is 7.34. The highest BCUT2D eigenvalue weighted by atomic mass is 16.4. The first-order chi connectivity index (χ1) is 6.18. The highest BCUT2D eigenvalue weighted by molar-refractivity contribution is 5.68. The molecule has 0 saturated carbocycles. The number of hydrogen-bond donors (Lipinski definition) is 1. The Morgan fingerprint density at radius 1 is 1.54 bits per heavy atom. The fourth-order valence-corrected chi connectivity index (χ4v) is 0.940. The molecule has 0 radical (unpaired) electrons. The zero-order chi connectivity index (χ0) is 9.68. The first-order valence-electron chi connectivity index (χ1n) is 3.84. The molecule has 0 aliphatic carbocycles. The van der Waals surface area contributed by atoms with Crippen LogP contribution in [-0.2, 0) is 11.3 Å². The Morgan fingerprint density at radius 3 is 2.69 bits per heavy atom. The van der Waals surface area contributed by atoms with E-state index in [2.05, 4.69) is 9.97 Å². The average molecular weight is 181 g/mol. The zero-order valence-corrected chi connectivity index (χ0v) is 7.34. The number of carbonyl (C=O) groups is 1. The SMILES string of the molecule is CN(CC(=O)O)Cc1ncccn1. The van der Waals surface area contributed by atoms with Gasteiger partial charge in [-0.2, -0.15) is 0 Å². The van der Waals surface area contributed by atoms with Crippen LogP contribution in [0.3, 0.4) is 0 Å². The number of carboxylic acid groups (broad SMARTS) is 1. The molecule has 1 heterocycles. The summed E-state index contributed by atoms with van der Waals surface area (Å²) in [5.41, 5.74) is 0. The lowest BCUT2D eigenvalue weighted by atomic mass is 10.5. The Kier molecular flexibility index (Phi) is 3.33. The minimum absolute atomic E-state index is 0.00173. The monoisotopic (exact) mass is 181 g/mol. The van der Waals surface area contributed by atoms with Gasteiger partial charge in [-0.1, -0.05) is 0 Å². The maximum absolute atomic E-state index is 10.3. The Balaban J connectivity index is 2.45. The van der Waals surface area contributed by atoms with Gasteiger partial charge in [-0.3, -0.25) is 9.69 Å². The number of aliphatic carboxylic acids is 1. The van der Waals surface area contributed by atoms with Crippen LogP contribution in [0.1, 0.15) is 5.82 Å². The second kappa shape index (κ2) is 4.51. The largest absolute Gasteiger partial charge is 0.480 e. The molecule has 1 aromatic rings. The third kappa shape index (κ3) is 3.62. The highest BCUT2D eigenvalue weighted by Gasteiger charge is 2.05. The molecule has 0 atom stereocenters. The van der Waals surface area contributed by atoms with E-state index in [9.17, 15) is 4.79 Å². The smallest absolute Gasteiger partial charge is 0.317 e. The van der Waals surface area contributed by atoms with Gasteiger partial charge in [-0.15, -0.1) is 0 Å². The van der Waals surface area contributed by atoms with Gasteiger partial charge in [0, 0.05) is 12.4 Å². The summed E-state index contributed by atoms with van der Waals surface area (Å²) in [7, 11) is 1.71. The Labute approximate surface area is 76.0 Å². The molecule has 13 heavy (non-hydrogen) atoms. The summed E-state index contributed by atoms with van der Waals surface area (Å²) < 4.78 is 0. The molecule has 0 aliphatic rings. The molecule has 0 aliphatic heterocycles. The molecule has 0 fully saturated rings. The predicted octanol–water partition coefficient (Wildman–Crippen LogP) is -0.00700. The third-order valence-electron chi connectivity index (χ3n) is 1.44. The van der Waals surface area contributed by atoms with E-state index in [1.807, 2.05) is 0 Å². The third-order valence-corrected chi connectivity index (χ3v) is 1.44. The molecule has 0 spiro atoms. The quantitative estimate of drug-likeness (QED) is 0.707. The van der Waals surface area contributed by atoms with Crippen molar-refractivity contribution in [2.24, 2.45) is 0 Å². The first-order valence-corrected chi connectivity index (χ1v) is 3.84. The summed E-state index contributed by atoms with van der Waals surface area (Å²) in [5, 5.41) is 8.48. The lowest BCUT2D eigenvalue weighted by molar-refractivity contribution is -0.138. The van der Waals surface area contributed by atoms with E-state index in [0.717, 1.165) is 0 Å². The van der Waals surface area contributed by atoms with Crippen LogP contribution < -0.4 is 0 Å². The van der Waals surface area contributed by atoms with Crippen molar-refractivity contribution in [2.75, 3.05) is 13.6 Å². The Morgan fingerprint density at radius 2 is 2.15 bits per heavy atom. The van der Waals surface area contributed by atoms with Crippen molar-refractivity contribution < 1.29 is 9.90 Å². The number of hydrogen-bond acceptors (Lipinski definition) is 4. The van der Waals surface area contributed by atoms with Crippen molar-refractivity contribution in [3.05, 3.63) is 24.3 Å². The molecule has 1 aromatic heterocycles. The summed E-state index contributed by atoms with van der Waals surface area (Å²) in [5.74, 6) is -0.218. The van der Waals surface area contributed by atoms with Gasteiger partial charge < -0.3 is 5.11 Å². The second-order valence-corrected chi connectivity index (χ2v) is 2.73. The standard InChI is InChI=1S/C8H11N3O2/c1-11(6-8(12)13)5-7-9-3-2-4-10-7/h2-4H,5-6H2,1H3,(H,12,13). The van der Waals surface area contributed by atoms with Crippen LogP contribution in [0, 0.1) is 0 Å². The van der Waals surface area contributed by atoms with Gasteiger partial charge in [-0.25, -0.2) is 9.97 Å². The van der Waals surface area contributed by atoms with E-state index in [1.54, 1.807) is 30.4 Å². The lowest BCUT2D eigenvalue weighted by Crippen LogP contribution is -2.25. The minimum atomic E-state index is -0.849. The fraction of sp³-hybridized carbons (Fsp3) is 0.375. The van der Waals surface area contributed by atoms with Crippen LogP contribution in [0.5, 0.6) is 0 Å². The molecular formula is C8H11N3O2. The highest BCUT2D eigenvalue weighted by Crippen LogP contribution is 1.93. The van der Waals surface area contributed by atoms with Crippen molar-refractivity contribution in [1.82, 2.24) is 14.9 Å². The summed E-state index contributed by atoms with van der Waals surface area (Å²) >= 11 is 0. The summed E-state index contributed by atoms with van der Waals surface area (Å²) in [6, 6.07) is 1.72. The summed E-state index contributed by atoms with van der Waals surface area (Å²) in [6.07, 6.45) is 3.27. The van der Waals surface area contributed by atoms with Crippen LogP contribution in [0.25, 0.3) is 0 Å². The van der Waals surface area contributed by atoms with E-state index in [1.165, 1.54) is 0 Å². The molecule has 70 valence electrons. The van der Waals surface area contributed by atoms with Crippen molar-refractivity contribution in [3.8, 4) is 0 Å². The minimum Gasteiger partial charge on any atom is -0.480 e. The fourth-order valence-electron chi connectivity index (χ4n) is 0.940. The van der Waals surface area contributed by atoms with E-state index in [4.69, 9.17) is 5.11 Å². The molecule has 1 rings (SSSR count). The van der Waals surface area contributed by atoms with Crippen LogP contribution in [0.2, 0.25) is 0 Å². The number of nitrogens with zero attached hydrogens (tertiary/aromatic N) is 3. The van der Waals surface area contributed by atoms with Crippen LogP contribution in [-0.4, -0.2) is 39.5 Å². The van der Waals surface area contributed by atoms with Crippen LogP contribution in [0.15, 0.2) is 18.5 Å². The average Bonchev–Trinajstić information content (AvgIpc) is 2.04. The molecule has 1 N–H and O–H groups in total. The number of carboxylic acids is 1. The normalized spacial score (nSPS) is 10.3. The van der Waals surface area contributed by atoms with Gasteiger partial charge in [0.25, 0.3) is 0 Å². The molecule has 0 amide bonds. The molecule has 5 nitrogen and oxygen atoms in total. The van der Waals surface area contributed by atoms with Gasteiger partial charge in [0.05, 0.1) is 13.1 Å². The van der Waals surface area contributed by atoms with Gasteiger partial charge >= 0.3 is 5.97 Å². The van der Waals surface area contributed by atoms with E-state index >= 15 is 0 Å². The Bertz CT molecular complexity index is 276. The number of rotatable bonds is 4. The Hall–Kier alpha value is -1.49. The predicted molar refractivity (Wildman–Crippen MR) is 46.0 cm³/mol. The molecule has 0 aromatic carbocycles. The second-order valence-electron chi connectivity index (χ2n) is 2.73. The summed E-state index contributed by atoms with van der Waals surface area (Å²) in [4.78, 5) is 19.9. The molecule has 5 heteroatoms. The first kappa shape index (κ1) is 9.60. The van der Waals surface area contributed by atoms with Gasteiger partial charge in [0.1, 0.15) is 5.82 Å². The van der Waals surface area contributed by atoms with Crippen LogP contribution in [0.4, 0.5) is 0 Å². The van der Waals surface area contributed by atoms with E-state index < -0.39 is 5.97 Å². The number of aromatic nitrogens is 2. The molecule has 0 unspecified atom stereocenters. The van der Waals surface area contributed by atoms with Crippen molar-refractivity contribution in [1.29, 1.82) is 0 Å². The van der Waals surface area contributed by atoms with Crippen molar-refractivity contribution in [3.63, 3.8) is 0 Å². The lowest BCUT2D eigenvalue weighted by Gasteiger charge is -2.11. The molecular weight excluding hydrogens is 170 g/mol. The van der Waals surface area contributed by atoms with Crippen molar-refractivity contribution in [2.45, 2.75) is 6.54 Å². The maximum Gasteiger partial charge on any atom is 0.317 e. The van der Waals surface area contributed by atoms with E-state index in [0.29, 0.717) is 12.4 Å². The van der Waals surface area contributed by atoms with Gasteiger partial charge in [-0.05, 0) is 13.1 Å². The molecule has 0 bridgehead atoms. The van der Waals surface area contributed by atoms with Crippen molar-refractivity contribution >= 4 is 5.97 Å². The van der Waals surface area contributed by atoms with Gasteiger partial charge in [0.2, 0.25) is 0 Å². The topological polar surface area (TPSA) is 66.3 Å². The molecule has 0 saturated heterocycles. The summed E-state index contributed by atoms with van der Waals surface area (Å²) in [6.45, 7) is 0.450. The van der Waals surface area contributed by atoms with Crippen LogP contribution >= 0.6 is 0 Å². The number of likely N-dealkylation sites (N-methyl/N-ethyl adjacent to an activating group) is 1.